The van der Waals surface area contributed by atoms with Crippen LogP contribution in [-0.4, -0.2) is 62.8 Å². The van der Waals surface area contributed by atoms with Gasteiger partial charge in [-0.15, -0.1) is 0 Å². The Labute approximate surface area is 203 Å². The Balaban J connectivity index is 1.75. The molecule has 0 amide bonds. The van der Waals surface area contributed by atoms with Crippen molar-refractivity contribution < 1.29 is 23.8 Å². The molecule has 1 aromatic carbocycles. The average Bonchev–Trinajstić information content (AvgIpc) is 3.33. The van der Waals surface area contributed by atoms with E-state index >= 15 is 0 Å². The summed E-state index contributed by atoms with van der Waals surface area (Å²) in [4.78, 5) is 22.2. The standard InChI is InChI=1S/C24H30FN5O4Si/c1-15(13-31)34-24(32)18-12-30(14-33-8-9-35(3,4)5)23-22(18)27-19(11-26-23)21-17-7-6-16(25)10-20(17)29(2)28-21/h6-7,10-12,15,31H,8-9,13-14H2,1-5H3/t15-/m0/s1. The zero-order valence-electron chi connectivity index (χ0n) is 20.6. The monoisotopic (exact) mass is 499 g/mol. The lowest BCUT2D eigenvalue weighted by molar-refractivity contribution is 0.0198. The van der Waals surface area contributed by atoms with Crippen molar-refractivity contribution >= 4 is 36.1 Å². The second-order valence-electron chi connectivity index (χ2n) is 9.82. The molecule has 3 heterocycles. The van der Waals surface area contributed by atoms with Crippen LogP contribution in [0.2, 0.25) is 25.7 Å². The van der Waals surface area contributed by atoms with E-state index in [1.165, 1.54) is 12.1 Å². The van der Waals surface area contributed by atoms with Crippen molar-refractivity contribution in [3.8, 4) is 11.4 Å². The molecular formula is C24H30FN5O4Si. The number of aliphatic hydroxyl groups is 1. The second-order valence-corrected chi connectivity index (χ2v) is 15.4. The first-order valence-electron chi connectivity index (χ1n) is 11.5. The summed E-state index contributed by atoms with van der Waals surface area (Å²) in [7, 11) is 0.481. The number of aliphatic hydroxyl groups excluding tert-OH is 1. The maximum absolute atomic E-state index is 13.8. The Morgan fingerprint density at radius 1 is 1.29 bits per heavy atom. The van der Waals surface area contributed by atoms with E-state index in [0.29, 0.717) is 34.7 Å². The fraction of sp³-hybridized carbons (Fsp3) is 0.417. The number of carbonyl (C=O) groups is 1. The molecule has 0 spiro atoms. The summed E-state index contributed by atoms with van der Waals surface area (Å²) < 4.78 is 28.3. The molecule has 0 aliphatic carbocycles. The molecule has 0 unspecified atom stereocenters. The number of nitrogens with zero attached hydrogens (tertiary/aromatic N) is 5. The zero-order valence-corrected chi connectivity index (χ0v) is 21.6. The highest BCUT2D eigenvalue weighted by Gasteiger charge is 2.23. The number of hydrogen-bond donors (Lipinski definition) is 1. The summed E-state index contributed by atoms with van der Waals surface area (Å²) in [5.41, 5.74) is 2.61. The lowest BCUT2D eigenvalue weighted by atomic mass is 10.1. The Hall–Kier alpha value is -3.15. The van der Waals surface area contributed by atoms with Crippen LogP contribution in [0.1, 0.15) is 17.3 Å². The SMILES string of the molecule is C[C@@H](CO)OC(=O)c1cn(COCC[Si](C)(C)C)c2ncc(-c3nn(C)c4cc(F)ccc34)nc12. The minimum absolute atomic E-state index is 0.212. The van der Waals surface area contributed by atoms with Crippen molar-refractivity contribution in [1.82, 2.24) is 24.3 Å². The Morgan fingerprint density at radius 2 is 2.06 bits per heavy atom. The van der Waals surface area contributed by atoms with Crippen molar-refractivity contribution in [2.24, 2.45) is 7.05 Å². The maximum Gasteiger partial charge on any atom is 0.342 e. The first kappa shape index (κ1) is 25.0. The van der Waals surface area contributed by atoms with Gasteiger partial charge in [0.15, 0.2) is 5.65 Å². The molecule has 3 aromatic heterocycles. The van der Waals surface area contributed by atoms with Crippen LogP contribution in [0.25, 0.3) is 33.5 Å². The normalized spacial score (nSPS) is 13.0. The highest BCUT2D eigenvalue weighted by Crippen LogP contribution is 2.29. The van der Waals surface area contributed by atoms with Crippen LogP contribution in [-0.2, 0) is 23.3 Å². The van der Waals surface area contributed by atoms with Crippen LogP contribution in [0.4, 0.5) is 4.39 Å². The first-order valence-corrected chi connectivity index (χ1v) is 15.2. The minimum Gasteiger partial charge on any atom is -0.457 e. The van der Waals surface area contributed by atoms with Crippen molar-refractivity contribution in [3.63, 3.8) is 0 Å². The number of hydrogen-bond acceptors (Lipinski definition) is 7. The number of fused-ring (bicyclic) bond motifs is 2. The van der Waals surface area contributed by atoms with E-state index in [4.69, 9.17) is 14.5 Å². The van der Waals surface area contributed by atoms with E-state index in [0.717, 1.165) is 11.4 Å². The molecule has 11 heteroatoms. The minimum atomic E-state index is -1.25. The molecule has 0 bridgehead atoms. The van der Waals surface area contributed by atoms with E-state index in [1.807, 2.05) is 0 Å². The Kier molecular flexibility index (Phi) is 7.02. The third kappa shape index (κ3) is 5.42. The molecule has 9 nitrogen and oxygen atoms in total. The van der Waals surface area contributed by atoms with Gasteiger partial charge in [-0.05, 0) is 31.2 Å². The lowest BCUT2D eigenvalue weighted by Gasteiger charge is -2.15. The summed E-state index contributed by atoms with van der Waals surface area (Å²) in [6.45, 7) is 8.97. The number of aromatic nitrogens is 5. The summed E-state index contributed by atoms with van der Waals surface area (Å²) in [6.07, 6.45) is 2.53. The van der Waals surface area contributed by atoms with Gasteiger partial charge in [-0.1, -0.05) is 19.6 Å². The summed E-state index contributed by atoms with van der Waals surface area (Å²) in [5, 5.41) is 14.5. The molecule has 1 N–H and O–H groups in total. The van der Waals surface area contributed by atoms with Crippen molar-refractivity contribution in [2.75, 3.05) is 13.2 Å². The fourth-order valence-corrected chi connectivity index (χ4v) is 4.41. The van der Waals surface area contributed by atoms with Gasteiger partial charge in [-0.3, -0.25) is 4.68 Å². The molecular weight excluding hydrogens is 469 g/mol. The highest BCUT2D eigenvalue weighted by atomic mass is 28.3. The molecule has 0 aliphatic heterocycles. The zero-order chi connectivity index (χ0) is 25.3. The van der Waals surface area contributed by atoms with Crippen LogP contribution in [0.3, 0.4) is 0 Å². The molecule has 0 saturated heterocycles. The van der Waals surface area contributed by atoms with Gasteiger partial charge in [0.25, 0.3) is 0 Å². The van der Waals surface area contributed by atoms with Crippen LogP contribution in [0, 0.1) is 5.82 Å². The molecule has 0 saturated carbocycles. The van der Waals surface area contributed by atoms with Crippen molar-refractivity contribution in [2.45, 2.75) is 45.4 Å². The lowest BCUT2D eigenvalue weighted by Crippen LogP contribution is -2.22. The predicted octanol–water partition coefficient (Wildman–Crippen LogP) is 3.97. The number of benzene rings is 1. The van der Waals surface area contributed by atoms with Gasteiger partial charge in [-0.25, -0.2) is 19.2 Å². The van der Waals surface area contributed by atoms with Gasteiger partial charge in [0.2, 0.25) is 0 Å². The number of halogens is 1. The average molecular weight is 500 g/mol. The smallest absolute Gasteiger partial charge is 0.342 e. The van der Waals surface area contributed by atoms with Gasteiger partial charge in [0.05, 0.1) is 18.3 Å². The summed E-state index contributed by atoms with van der Waals surface area (Å²) >= 11 is 0. The Morgan fingerprint density at radius 3 is 2.77 bits per heavy atom. The van der Waals surface area contributed by atoms with Gasteiger partial charge >= 0.3 is 5.97 Å². The molecule has 4 rings (SSSR count). The molecule has 1 atom stereocenters. The van der Waals surface area contributed by atoms with Gasteiger partial charge in [0, 0.05) is 33.3 Å². The fourth-order valence-electron chi connectivity index (χ4n) is 3.66. The quantitative estimate of drug-likeness (QED) is 0.211. The van der Waals surface area contributed by atoms with Crippen molar-refractivity contribution in [1.29, 1.82) is 0 Å². The molecule has 186 valence electrons. The number of esters is 1. The van der Waals surface area contributed by atoms with E-state index in [-0.39, 0.29) is 24.7 Å². The number of carbonyl (C=O) groups excluding carboxylic acids is 1. The Bertz CT molecular complexity index is 1380. The van der Waals surface area contributed by atoms with Crippen molar-refractivity contribution in [3.05, 3.63) is 42.0 Å². The first-order chi connectivity index (χ1) is 16.6. The molecule has 35 heavy (non-hydrogen) atoms. The second kappa shape index (κ2) is 9.84. The largest absolute Gasteiger partial charge is 0.457 e. The van der Waals surface area contributed by atoms with Gasteiger partial charge in [0.1, 0.15) is 41.1 Å². The molecule has 0 radical (unpaired) electrons. The van der Waals surface area contributed by atoms with Crippen LogP contribution < -0.4 is 0 Å². The van der Waals surface area contributed by atoms with E-state index in [1.54, 1.807) is 41.7 Å². The third-order valence-corrected chi connectivity index (χ3v) is 7.34. The summed E-state index contributed by atoms with van der Waals surface area (Å²) in [5.74, 6) is -0.973. The highest BCUT2D eigenvalue weighted by molar-refractivity contribution is 6.76. The number of rotatable bonds is 9. The van der Waals surface area contributed by atoms with Crippen LogP contribution in [0.15, 0.2) is 30.6 Å². The van der Waals surface area contributed by atoms with Gasteiger partial charge < -0.3 is 19.1 Å². The molecule has 0 fully saturated rings. The topological polar surface area (TPSA) is 104 Å². The molecule has 0 aliphatic rings. The van der Waals surface area contributed by atoms with Gasteiger partial charge in [-0.2, -0.15) is 5.10 Å². The predicted molar refractivity (Wildman–Crippen MR) is 133 cm³/mol. The molecule has 4 aromatic rings. The van der Waals surface area contributed by atoms with Crippen LogP contribution in [0.5, 0.6) is 0 Å². The van der Waals surface area contributed by atoms with E-state index in [2.05, 4.69) is 29.7 Å². The third-order valence-electron chi connectivity index (χ3n) is 5.63. The van der Waals surface area contributed by atoms with Crippen LogP contribution >= 0.6 is 0 Å². The number of aryl methyl sites for hydroxylation is 1. The maximum atomic E-state index is 13.8. The van der Waals surface area contributed by atoms with E-state index < -0.39 is 20.1 Å². The van der Waals surface area contributed by atoms with E-state index in [9.17, 15) is 14.3 Å². The summed E-state index contributed by atoms with van der Waals surface area (Å²) in [6, 6.07) is 5.44. The number of ether oxygens (including phenoxy) is 2.